The molecule has 0 aliphatic heterocycles. The molecule has 4 fully saturated rings. The third-order valence-corrected chi connectivity index (χ3v) is 11.2. The summed E-state index contributed by atoms with van der Waals surface area (Å²) in [6, 6.07) is 8.98. The highest BCUT2D eigenvalue weighted by Gasteiger charge is 2.51. The van der Waals surface area contributed by atoms with Crippen LogP contribution in [0.25, 0.3) is 0 Å². The maximum absolute atomic E-state index is 11.4. The first-order valence-electron chi connectivity index (χ1n) is 16.1. The molecular formula is C37H52O3. The van der Waals surface area contributed by atoms with E-state index in [0.717, 1.165) is 36.8 Å². The molecule has 0 aromatic heterocycles. The lowest BCUT2D eigenvalue weighted by Gasteiger charge is -2.44. The van der Waals surface area contributed by atoms with Crippen molar-refractivity contribution in [1.29, 1.82) is 0 Å². The van der Waals surface area contributed by atoms with Gasteiger partial charge in [0.2, 0.25) is 0 Å². The molecule has 3 N–H and O–H groups in total. The average Bonchev–Trinajstić information content (AvgIpc) is 3.68. The van der Waals surface area contributed by atoms with Crippen LogP contribution in [0.1, 0.15) is 103 Å². The lowest BCUT2D eigenvalue weighted by Crippen LogP contribution is -2.35. The molecule has 4 aliphatic carbocycles. The second-order valence-electron chi connectivity index (χ2n) is 13.8. The van der Waals surface area contributed by atoms with Crippen molar-refractivity contribution in [3.63, 3.8) is 0 Å². The number of aryl methyl sites for hydroxylation is 1. The number of unbranched alkanes of at least 4 members (excludes halogenated alkanes) is 1. The molecule has 0 radical (unpaired) electrons. The zero-order chi connectivity index (χ0) is 28.5. The lowest BCUT2D eigenvalue weighted by molar-refractivity contribution is 0.0862. The average molecular weight is 545 g/mol. The molecule has 7 atom stereocenters. The van der Waals surface area contributed by atoms with Crippen LogP contribution in [0.2, 0.25) is 0 Å². The van der Waals surface area contributed by atoms with Gasteiger partial charge in [0.15, 0.2) is 0 Å². The summed E-state index contributed by atoms with van der Waals surface area (Å²) in [5.41, 5.74) is 6.18. The standard InChI is InChI=1S/C37H52O3/c1-5-6-9-27-10-7-12-30(22-27)37(20-21-37)35(40)18-13-25(2)32-16-17-33-28(11-8-19-36(32,33)4)14-15-29-23-31(38)24-34(39)26(29)3/h7,10,12-15,18,22,25,31-35,38-40H,3,5-6,8-9,11,16-17,19-21,23-24H2,1-2,4H3/t25-,31-,32-,33+,34+,35-,36-/m1/s1. The van der Waals surface area contributed by atoms with Crippen molar-refractivity contribution in [2.75, 3.05) is 0 Å². The lowest BCUT2D eigenvalue weighted by atomic mass is 9.61. The van der Waals surface area contributed by atoms with E-state index in [2.05, 4.69) is 75.9 Å². The van der Waals surface area contributed by atoms with Crippen LogP contribution in [0.3, 0.4) is 0 Å². The summed E-state index contributed by atoms with van der Waals surface area (Å²) in [4.78, 5) is 0. The summed E-state index contributed by atoms with van der Waals surface area (Å²) in [7, 11) is 0. The Hall–Kier alpha value is -1.94. The van der Waals surface area contributed by atoms with Crippen LogP contribution in [0, 0.1) is 23.2 Å². The summed E-state index contributed by atoms with van der Waals surface area (Å²) >= 11 is 0. The molecule has 4 aliphatic rings. The predicted octanol–water partition coefficient (Wildman–Crippen LogP) is 7.76. The molecule has 218 valence electrons. The van der Waals surface area contributed by atoms with E-state index in [1.54, 1.807) is 0 Å². The van der Waals surface area contributed by atoms with Gasteiger partial charge in [-0.25, -0.2) is 0 Å². The zero-order valence-electron chi connectivity index (χ0n) is 25.1. The molecular weight excluding hydrogens is 492 g/mol. The van der Waals surface area contributed by atoms with Gasteiger partial charge in [-0.15, -0.1) is 0 Å². The fourth-order valence-electron chi connectivity index (χ4n) is 8.51. The number of allylic oxidation sites excluding steroid dienone is 4. The van der Waals surface area contributed by atoms with E-state index < -0.39 is 18.3 Å². The Morgan fingerprint density at radius 2 is 1.90 bits per heavy atom. The first kappa shape index (κ1) is 29.5. The normalized spacial score (nSPS) is 35.3. The number of benzene rings is 1. The van der Waals surface area contributed by atoms with Gasteiger partial charge >= 0.3 is 0 Å². The SMILES string of the molecule is C=C1C(=CC=C2CCC[C@]3(C)[C@@H]([C@H](C)C=C[C@@H](O)C4(c5cccc(CCCC)c5)CC4)CC[C@@H]23)C[C@@H](O)C[C@@H]1O. The van der Waals surface area contributed by atoms with E-state index in [1.807, 2.05) is 0 Å². The molecule has 0 spiro atoms. The van der Waals surface area contributed by atoms with Gasteiger partial charge in [0.25, 0.3) is 0 Å². The maximum Gasteiger partial charge on any atom is 0.0817 e. The van der Waals surface area contributed by atoms with Crippen LogP contribution >= 0.6 is 0 Å². The molecule has 0 unspecified atom stereocenters. The molecule has 0 bridgehead atoms. The molecule has 3 heteroatoms. The van der Waals surface area contributed by atoms with E-state index >= 15 is 0 Å². The smallest absolute Gasteiger partial charge is 0.0817 e. The minimum Gasteiger partial charge on any atom is -0.393 e. The number of rotatable bonds is 9. The van der Waals surface area contributed by atoms with Crippen molar-refractivity contribution in [2.45, 2.75) is 122 Å². The summed E-state index contributed by atoms with van der Waals surface area (Å²) in [6.07, 6.45) is 20.0. The van der Waals surface area contributed by atoms with Crippen molar-refractivity contribution in [3.8, 4) is 0 Å². The van der Waals surface area contributed by atoms with E-state index in [-0.39, 0.29) is 10.8 Å². The number of aliphatic hydroxyl groups excluding tert-OH is 3. The van der Waals surface area contributed by atoms with E-state index in [4.69, 9.17) is 0 Å². The first-order chi connectivity index (χ1) is 19.2. The van der Waals surface area contributed by atoms with Gasteiger partial charge in [0, 0.05) is 11.8 Å². The summed E-state index contributed by atoms with van der Waals surface area (Å²) in [5, 5.41) is 31.8. The van der Waals surface area contributed by atoms with Gasteiger partial charge < -0.3 is 15.3 Å². The van der Waals surface area contributed by atoms with E-state index in [9.17, 15) is 15.3 Å². The highest BCUT2D eigenvalue weighted by atomic mass is 16.3. The molecule has 40 heavy (non-hydrogen) atoms. The topological polar surface area (TPSA) is 60.7 Å². The first-order valence-corrected chi connectivity index (χ1v) is 16.1. The number of hydrogen-bond donors (Lipinski definition) is 3. The Morgan fingerprint density at radius 3 is 2.65 bits per heavy atom. The van der Waals surface area contributed by atoms with Gasteiger partial charge in [-0.05, 0) is 110 Å². The van der Waals surface area contributed by atoms with Gasteiger partial charge in [-0.1, -0.05) is 87.9 Å². The van der Waals surface area contributed by atoms with Crippen LogP contribution < -0.4 is 0 Å². The van der Waals surface area contributed by atoms with Gasteiger partial charge in [0.05, 0.1) is 18.3 Å². The highest BCUT2D eigenvalue weighted by molar-refractivity contribution is 5.39. The van der Waals surface area contributed by atoms with Crippen LogP contribution in [0.5, 0.6) is 0 Å². The maximum atomic E-state index is 11.4. The Bertz CT molecular complexity index is 1150. The van der Waals surface area contributed by atoms with Crippen molar-refractivity contribution in [3.05, 3.63) is 83.0 Å². The van der Waals surface area contributed by atoms with Gasteiger partial charge in [-0.2, -0.15) is 0 Å². The molecule has 0 amide bonds. The van der Waals surface area contributed by atoms with Crippen LogP contribution in [-0.4, -0.2) is 33.6 Å². The number of fused-ring (bicyclic) bond motifs is 1. The summed E-state index contributed by atoms with van der Waals surface area (Å²) in [5.74, 6) is 1.62. The Morgan fingerprint density at radius 1 is 1.10 bits per heavy atom. The molecule has 1 aromatic rings. The summed E-state index contributed by atoms with van der Waals surface area (Å²) in [6.45, 7) is 11.2. The second kappa shape index (κ2) is 12.1. The van der Waals surface area contributed by atoms with Crippen molar-refractivity contribution >= 4 is 0 Å². The number of aliphatic hydroxyl groups is 3. The molecule has 4 saturated carbocycles. The second-order valence-corrected chi connectivity index (χ2v) is 13.8. The quantitative estimate of drug-likeness (QED) is 0.279. The minimum atomic E-state index is -0.636. The largest absolute Gasteiger partial charge is 0.393 e. The van der Waals surface area contributed by atoms with Gasteiger partial charge in [-0.3, -0.25) is 0 Å². The number of hydrogen-bond acceptors (Lipinski definition) is 3. The highest BCUT2D eigenvalue weighted by Crippen LogP contribution is 2.60. The Balaban J connectivity index is 1.27. The third-order valence-electron chi connectivity index (χ3n) is 11.2. The van der Waals surface area contributed by atoms with E-state index in [1.165, 1.54) is 55.2 Å². The van der Waals surface area contributed by atoms with Gasteiger partial charge in [0.1, 0.15) is 0 Å². The van der Waals surface area contributed by atoms with Crippen LogP contribution in [0.15, 0.2) is 71.9 Å². The minimum absolute atomic E-state index is 0.0981. The molecule has 0 heterocycles. The van der Waals surface area contributed by atoms with Crippen LogP contribution in [0.4, 0.5) is 0 Å². The molecule has 3 nitrogen and oxygen atoms in total. The molecule has 0 saturated heterocycles. The Labute approximate surface area is 242 Å². The Kier molecular flexibility index (Phi) is 8.95. The fraction of sp³-hybridized carbons (Fsp3) is 0.622. The van der Waals surface area contributed by atoms with E-state index in [0.29, 0.717) is 30.6 Å². The van der Waals surface area contributed by atoms with Crippen molar-refractivity contribution in [2.24, 2.45) is 23.2 Å². The molecule has 5 rings (SSSR count). The van der Waals surface area contributed by atoms with Crippen molar-refractivity contribution < 1.29 is 15.3 Å². The van der Waals surface area contributed by atoms with Crippen LogP contribution in [-0.2, 0) is 11.8 Å². The zero-order valence-corrected chi connectivity index (χ0v) is 25.1. The molecule has 1 aromatic carbocycles. The summed E-state index contributed by atoms with van der Waals surface area (Å²) < 4.78 is 0. The third kappa shape index (κ3) is 5.85. The monoisotopic (exact) mass is 544 g/mol. The predicted molar refractivity (Wildman–Crippen MR) is 165 cm³/mol. The van der Waals surface area contributed by atoms with Crippen molar-refractivity contribution in [1.82, 2.24) is 0 Å². The fourth-order valence-corrected chi connectivity index (χ4v) is 8.51.